The zero-order valence-electron chi connectivity index (χ0n) is 13.0. The minimum absolute atomic E-state index is 0. The van der Waals surface area contributed by atoms with E-state index in [1.54, 1.807) is 6.07 Å². The summed E-state index contributed by atoms with van der Waals surface area (Å²) in [4.78, 5) is 3.52. The Labute approximate surface area is 148 Å². The van der Waals surface area contributed by atoms with Crippen LogP contribution in [0.5, 0.6) is 0 Å². The maximum Gasteiger partial charge on any atom is 0.123 e. The van der Waals surface area contributed by atoms with Crippen molar-refractivity contribution in [3.8, 4) is 0 Å². The molecular weight excluding hydrogens is 336 g/mol. The van der Waals surface area contributed by atoms with Crippen molar-refractivity contribution in [2.45, 2.75) is 31.7 Å². The van der Waals surface area contributed by atoms with E-state index in [1.165, 1.54) is 36.6 Å². The van der Waals surface area contributed by atoms with E-state index >= 15 is 0 Å². The molecule has 1 aliphatic carbocycles. The van der Waals surface area contributed by atoms with Crippen LogP contribution in [0.4, 0.5) is 4.39 Å². The standard InChI is InChI=1S/C17H22FN3.2ClH/c18-12-4-5-15-14(8-12)13-2-1-3-16(17(13)21-15)20-10-11-6-7-19-9-11;;/h4-5,8,11,16,19-21H,1-3,6-7,9-10H2;2*1H. The molecule has 0 spiro atoms. The van der Waals surface area contributed by atoms with E-state index in [2.05, 4.69) is 15.6 Å². The van der Waals surface area contributed by atoms with Gasteiger partial charge in [-0.3, -0.25) is 0 Å². The molecule has 6 heteroatoms. The highest BCUT2D eigenvalue weighted by Gasteiger charge is 2.25. The van der Waals surface area contributed by atoms with Gasteiger partial charge in [-0.1, -0.05) is 0 Å². The Bertz CT molecular complexity index is 653. The molecule has 2 aliphatic rings. The normalized spacial score (nSPS) is 23.2. The number of hydrogen-bond acceptors (Lipinski definition) is 2. The number of benzene rings is 1. The first-order valence-corrected chi connectivity index (χ1v) is 8.05. The van der Waals surface area contributed by atoms with Crippen LogP contribution >= 0.6 is 24.8 Å². The molecule has 3 N–H and O–H groups in total. The fourth-order valence-corrected chi connectivity index (χ4v) is 3.84. The molecule has 2 atom stereocenters. The third-order valence-electron chi connectivity index (χ3n) is 4.98. The minimum atomic E-state index is -0.142. The van der Waals surface area contributed by atoms with E-state index in [0.29, 0.717) is 6.04 Å². The van der Waals surface area contributed by atoms with Crippen LogP contribution in [0.3, 0.4) is 0 Å². The van der Waals surface area contributed by atoms with Gasteiger partial charge in [0.2, 0.25) is 0 Å². The zero-order valence-corrected chi connectivity index (χ0v) is 14.7. The largest absolute Gasteiger partial charge is 0.357 e. The number of fused-ring (bicyclic) bond motifs is 3. The Kier molecular flexibility index (Phi) is 6.32. The molecule has 1 fully saturated rings. The highest BCUT2D eigenvalue weighted by Crippen LogP contribution is 2.35. The molecule has 0 amide bonds. The number of H-pyrrole nitrogens is 1. The second-order valence-electron chi connectivity index (χ2n) is 6.42. The van der Waals surface area contributed by atoms with Crippen molar-refractivity contribution >= 4 is 35.7 Å². The molecule has 2 aromatic rings. The fraction of sp³-hybridized carbons (Fsp3) is 0.529. The fourth-order valence-electron chi connectivity index (χ4n) is 3.84. The first kappa shape index (κ1) is 18.5. The van der Waals surface area contributed by atoms with Crippen molar-refractivity contribution in [2.75, 3.05) is 19.6 Å². The number of aryl methyl sites for hydroxylation is 1. The molecular formula is C17H24Cl2FN3. The lowest BCUT2D eigenvalue weighted by Crippen LogP contribution is -2.30. The zero-order chi connectivity index (χ0) is 14.2. The Morgan fingerprint density at radius 1 is 1.22 bits per heavy atom. The van der Waals surface area contributed by atoms with Crippen LogP contribution in [0.2, 0.25) is 0 Å². The lowest BCUT2D eigenvalue weighted by Gasteiger charge is -2.25. The number of nitrogens with one attached hydrogen (secondary N) is 3. The highest BCUT2D eigenvalue weighted by atomic mass is 35.5. The van der Waals surface area contributed by atoms with Crippen LogP contribution in [0.25, 0.3) is 10.9 Å². The predicted octanol–water partition coefficient (Wildman–Crippen LogP) is 3.73. The molecule has 1 aromatic carbocycles. The van der Waals surface area contributed by atoms with Gasteiger partial charge >= 0.3 is 0 Å². The maximum atomic E-state index is 13.5. The van der Waals surface area contributed by atoms with Gasteiger partial charge in [0, 0.05) is 22.6 Å². The van der Waals surface area contributed by atoms with Crippen molar-refractivity contribution in [2.24, 2.45) is 5.92 Å². The van der Waals surface area contributed by atoms with Crippen molar-refractivity contribution in [3.63, 3.8) is 0 Å². The van der Waals surface area contributed by atoms with Crippen LogP contribution < -0.4 is 10.6 Å². The van der Waals surface area contributed by atoms with Gasteiger partial charge in [0.25, 0.3) is 0 Å². The molecule has 23 heavy (non-hydrogen) atoms. The van der Waals surface area contributed by atoms with Crippen LogP contribution in [0, 0.1) is 11.7 Å². The number of aromatic amines is 1. The summed E-state index contributed by atoms with van der Waals surface area (Å²) in [6.07, 6.45) is 4.67. The Balaban J connectivity index is 0.000000960. The number of aromatic nitrogens is 1. The topological polar surface area (TPSA) is 39.9 Å². The quantitative estimate of drug-likeness (QED) is 0.781. The van der Waals surface area contributed by atoms with Gasteiger partial charge in [-0.2, -0.15) is 0 Å². The lowest BCUT2D eigenvalue weighted by molar-refractivity contribution is 0.409. The number of hydrogen-bond donors (Lipinski definition) is 3. The van der Waals surface area contributed by atoms with Gasteiger partial charge in [-0.05, 0) is 75.0 Å². The van der Waals surface area contributed by atoms with Gasteiger partial charge in [-0.15, -0.1) is 24.8 Å². The van der Waals surface area contributed by atoms with E-state index in [0.717, 1.165) is 42.9 Å². The Morgan fingerprint density at radius 3 is 2.87 bits per heavy atom. The molecule has 0 radical (unpaired) electrons. The average molecular weight is 360 g/mol. The first-order chi connectivity index (χ1) is 10.3. The summed E-state index contributed by atoms with van der Waals surface area (Å²) < 4.78 is 13.5. The highest BCUT2D eigenvalue weighted by molar-refractivity contribution is 5.86. The maximum absolute atomic E-state index is 13.5. The van der Waals surface area contributed by atoms with Crippen molar-refractivity contribution in [1.29, 1.82) is 0 Å². The summed E-state index contributed by atoms with van der Waals surface area (Å²) in [6, 6.07) is 5.47. The van der Waals surface area contributed by atoms with Crippen molar-refractivity contribution in [1.82, 2.24) is 15.6 Å². The van der Waals surface area contributed by atoms with Crippen molar-refractivity contribution in [3.05, 3.63) is 35.3 Å². The Morgan fingerprint density at radius 2 is 2.09 bits per heavy atom. The third kappa shape index (κ3) is 3.66. The molecule has 3 nitrogen and oxygen atoms in total. The molecule has 4 rings (SSSR count). The summed E-state index contributed by atoms with van der Waals surface area (Å²) in [7, 11) is 0. The van der Waals surface area contributed by atoms with Crippen LogP contribution in [0.1, 0.15) is 36.6 Å². The van der Waals surface area contributed by atoms with Gasteiger partial charge in [0.15, 0.2) is 0 Å². The van der Waals surface area contributed by atoms with E-state index in [-0.39, 0.29) is 30.6 Å². The first-order valence-electron chi connectivity index (χ1n) is 8.05. The Hall–Kier alpha value is -0.810. The lowest BCUT2D eigenvalue weighted by atomic mass is 9.91. The SMILES string of the molecule is Cl.Cl.Fc1ccc2[nH]c3c(c2c1)CCCC3NCC1CCNC1. The van der Waals surface area contributed by atoms with E-state index in [9.17, 15) is 4.39 Å². The van der Waals surface area contributed by atoms with E-state index in [1.807, 2.05) is 6.07 Å². The summed E-state index contributed by atoms with van der Waals surface area (Å²) in [6.45, 7) is 3.35. The van der Waals surface area contributed by atoms with Gasteiger partial charge < -0.3 is 15.6 Å². The van der Waals surface area contributed by atoms with Crippen LogP contribution in [-0.2, 0) is 6.42 Å². The molecule has 128 valence electrons. The van der Waals surface area contributed by atoms with Gasteiger partial charge in [0.1, 0.15) is 5.82 Å². The molecule has 2 heterocycles. The monoisotopic (exact) mass is 359 g/mol. The summed E-state index contributed by atoms with van der Waals surface area (Å²) in [5, 5.41) is 8.22. The van der Waals surface area contributed by atoms with Crippen LogP contribution in [-0.4, -0.2) is 24.6 Å². The van der Waals surface area contributed by atoms with Gasteiger partial charge in [-0.25, -0.2) is 4.39 Å². The minimum Gasteiger partial charge on any atom is -0.357 e. The van der Waals surface area contributed by atoms with Crippen molar-refractivity contribution < 1.29 is 4.39 Å². The van der Waals surface area contributed by atoms with E-state index < -0.39 is 0 Å². The number of halogens is 3. The average Bonchev–Trinajstić information content (AvgIpc) is 3.12. The van der Waals surface area contributed by atoms with Crippen LogP contribution in [0.15, 0.2) is 18.2 Å². The number of rotatable bonds is 3. The third-order valence-corrected chi connectivity index (χ3v) is 4.98. The van der Waals surface area contributed by atoms with Gasteiger partial charge in [0.05, 0.1) is 0 Å². The molecule has 2 unspecified atom stereocenters. The smallest absolute Gasteiger partial charge is 0.123 e. The van der Waals surface area contributed by atoms with E-state index in [4.69, 9.17) is 0 Å². The molecule has 0 saturated carbocycles. The predicted molar refractivity (Wildman–Crippen MR) is 97.4 cm³/mol. The summed E-state index contributed by atoms with van der Waals surface area (Å²) >= 11 is 0. The second kappa shape index (κ2) is 7.84. The summed E-state index contributed by atoms with van der Waals surface area (Å²) in [5.41, 5.74) is 3.67. The molecule has 1 aromatic heterocycles. The molecule has 1 saturated heterocycles. The second-order valence-corrected chi connectivity index (χ2v) is 6.42. The molecule has 0 bridgehead atoms. The molecule has 1 aliphatic heterocycles. The summed E-state index contributed by atoms with van der Waals surface area (Å²) in [5.74, 6) is 0.605.